The molecule has 0 radical (unpaired) electrons. The zero-order valence-electron chi connectivity index (χ0n) is 10.0. The molecule has 1 heterocycles. The van der Waals surface area contributed by atoms with E-state index in [0.717, 1.165) is 11.3 Å². The maximum absolute atomic E-state index is 12.1. The van der Waals surface area contributed by atoms with Gasteiger partial charge >= 0.3 is 0 Å². The lowest BCUT2D eigenvalue weighted by molar-refractivity contribution is -0.117. The monoisotopic (exact) mass is 331 g/mol. The van der Waals surface area contributed by atoms with E-state index in [9.17, 15) is 13.2 Å². The van der Waals surface area contributed by atoms with E-state index in [2.05, 4.69) is 9.71 Å². The van der Waals surface area contributed by atoms with Crippen LogP contribution in [0.25, 0.3) is 0 Å². The number of carbonyl (C=O) groups is 1. The fourth-order valence-corrected chi connectivity index (χ4v) is 3.49. The van der Waals surface area contributed by atoms with Crippen molar-refractivity contribution in [1.29, 1.82) is 0 Å². The van der Waals surface area contributed by atoms with Gasteiger partial charge in [0.2, 0.25) is 5.91 Å². The first-order valence-electron chi connectivity index (χ1n) is 5.38. The largest absolute Gasteiger partial charge is 0.369 e. The third-order valence-electron chi connectivity index (χ3n) is 2.25. The smallest absolute Gasteiger partial charge is 0.263 e. The first kappa shape index (κ1) is 14.8. The first-order valence-corrected chi connectivity index (χ1v) is 8.12. The van der Waals surface area contributed by atoms with Crippen LogP contribution in [0, 0.1) is 0 Å². The van der Waals surface area contributed by atoms with Crippen LogP contribution in [0.1, 0.15) is 5.69 Å². The second-order valence-electron chi connectivity index (χ2n) is 3.85. The Morgan fingerprint density at radius 2 is 2.00 bits per heavy atom. The average molecular weight is 332 g/mol. The van der Waals surface area contributed by atoms with Crippen molar-refractivity contribution >= 4 is 44.0 Å². The van der Waals surface area contributed by atoms with Crippen LogP contribution in [-0.4, -0.2) is 19.3 Å². The third kappa shape index (κ3) is 3.69. The molecule has 9 heteroatoms. The fourth-order valence-electron chi connectivity index (χ4n) is 1.40. The van der Waals surface area contributed by atoms with Crippen molar-refractivity contribution in [2.45, 2.75) is 11.3 Å². The zero-order valence-corrected chi connectivity index (χ0v) is 12.4. The molecule has 0 fully saturated rings. The Labute approximate surface area is 124 Å². The number of hydrogen-bond acceptors (Lipinski definition) is 5. The molecule has 0 aliphatic rings. The maximum Gasteiger partial charge on any atom is 0.263 e. The van der Waals surface area contributed by atoms with Gasteiger partial charge in [-0.25, -0.2) is 13.4 Å². The van der Waals surface area contributed by atoms with E-state index in [1.807, 2.05) is 0 Å². The molecule has 106 valence electrons. The van der Waals surface area contributed by atoms with Crippen molar-refractivity contribution in [3.8, 4) is 0 Å². The molecule has 0 unspecified atom stereocenters. The molecule has 1 aromatic heterocycles. The Morgan fingerprint density at radius 3 is 2.60 bits per heavy atom. The highest BCUT2D eigenvalue weighted by Crippen LogP contribution is 2.21. The van der Waals surface area contributed by atoms with Crippen LogP contribution in [0.3, 0.4) is 0 Å². The Bertz CT molecular complexity index is 726. The Balaban J connectivity index is 2.18. The van der Waals surface area contributed by atoms with E-state index in [-0.39, 0.29) is 16.4 Å². The van der Waals surface area contributed by atoms with E-state index >= 15 is 0 Å². The number of hydrogen-bond donors (Lipinski definition) is 2. The number of amides is 1. The lowest BCUT2D eigenvalue weighted by Crippen LogP contribution is -2.15. The molecule has 1 amide bonds. The third-order valence-corrected chi connectivity index (χ3v) is 4.80. The number of anilines is 1. The number of benzene rings is 1. The van der Waals surface area contributed by atoms with Gasteiger partial charge in [-0.15, -0.1) is 11.3 Å². The number of nitrogens with one attached hydrogen (secondary N) is 1. The summed E-state index contributed by atoms with van der Waals surface area (Å²) in [6.07, 6.45) is -0.0286. The average Bonchev–Trinajstić information content (AvgIpc) is 2.75. The minimum absolute atomic E-state index is 0.0286. The summed E-state index contributed by atoms with van der Waals surface area (Å²) < 4.78 is 26.5. The number of aromatic nitrogens is 1. The van der Waals surface area contributed by atoms with Crippen LogP contribution < -0.4 is 10.5 Å². The lowest BCUT2D eigenvalue weighted by atomic mass is 10.3. The number of halogens is 1. The van der Waals surface area contributed by atoms with E-state index < -0.39 is 15.9 Å². The van der Waals surface area contributed by atoms with E-state index in [0.29, 0.717) is 10.7 Å². The molecule has 0 aliphatic carbocycles. The molecule has 6 nitrogen and oxygen atoms in total. The van der Waals surface area contributed by atoms with Crippen molar-refractivity contribution < 1.29 is 13.2 Å². The number of carbonyl (C=O) groups excluding carboxylic acids is 1. The highest BCUT2D eigenvalue weighted by molar-refractivity contribution is 7.93. The molecule has 0 aliphatic heterocycles. The van der Waals surface area contributed by atoms with Gasteiger partial charge < -0.3 is 5.73 Å². The van der Waals surface area contributed by atoms with Gasteiger partial charge in [-0.3, -0.25) is 9.52 Å². The number of thiazole rings is 1. The van der Waals surface area contributed by atoms with Gasteiger partial charge in [0.1, 0.15) is 0 Å². The summed E-state index contributed by atoms with van der Waals surface area (Å²) >= 11 is 6.79. The summed E-state index contributed by atoms with van der Waals surface area (Å²) in [5, 5.41) is 2.20. The molecule has 2 rings (SSSR count). The van der Waals surface area contributed by atoms with Gasteiger partial charge in [-0.1, -0.05) is 11.6 Å². The van der Waals surface area contributed by atoms with Crippen molar-refractivity contribution in [3.05, 3.63) is 40.4 Å². The number of nitrogens with zero attached hydrogens (tertiary/aromatic N) is 1. The number of rotatable bonds is 5. The lowest BCUT2D eigenvalue weighted by Gasteiger charge is -2.04. The van der Waals surface area contributed by atoms with Crippen molar-refractivity contribution in [3.63, 3.8) is 0 Å². The van der Waals surface area contributed by atoms with Crippen LogP contribution in [0.5, 0.6) is 0 Å². The van der Waals surface area contributed by atoms with Crippen molar-refractivity contribution in [2.24, 2.45) is 5.73 Å². The predicted molar refractivity (Wildman–Crippen MR) is 77.3 cm³/mol. The summed E-state index contributed by atoms with van der Waals surface area (Å²) in [5.41, 5.74) is 5.47. The molecule has 2 aromatic rings. The topological polar surface area (TPSA) is 102 Å². The van der Waals surface area contributed by atoms with Gasteiger partial charge in [-0.2, -0.15) is 0 Å². The molecule has 0 atom stereocenters. The Hall–Kier alpha value is -1.64. The van der Waals surface area contributed by atoms with Gasteiger partial charge in [0, 0.05) is 10.4 Å². The molecule has 0 saturated heterocycles. The zero-order chi connectivity index (χ0) is 14.8. The van der Waals surface area contributed by atoms with Crippen LogP contribution in [0.15, 0.2) is 34.5 Å². The molecule has 20 heavy (non-hydrogen) atoms. The van der Waals surface area contributed by atoms with E-state index in [1.165, 1.54) is 24.3 Å². The minimum atomic E-state index is -3.72. The maximum atomic E-state index is 12.1. The summed E-state index contributed by atoms with van der Waals surface area (Å²) in [5.74, 6) is -0.526. The number of sulfonamides is 1. The number of primary amides is 1. The first-order chi connectivity index (χ1) is 9.37. The molecule has 3 N–H and O–H groups in total. The Morgan fingerprint density at radius 1 is 1.35 bits per heavy atom. The normalized spacial score (nSPS) is 11.2. The van der Waals surface area contributed by atoms with Crippen LogP contribution >= 0.6 is 22.9 Å². The molecular weight excluding hydrogens is 322 g/mol. The summed E-state index contributed by atoms with van der Waals surface area (Å²) in [6, 6.07) is 5.75. The quantitative estimate of drug-likeness (QED) is 0.869. The van der Waals surface area contributed by atoms with Crippen LogP contribution in [-0.2, 0) is 21.2 Å². The molecule has 1 aromatic carbocycles. The standard InChI is InChI=1S/C11H10ClN3O3S2/c12-7-1-3-9(4-2-7)20(17,18)15-11-14-8(6-19-11)5-10(13)16/h1-4,6H,5H2,(H2,13,16)(H,14,15). The Kier molecular flexibility index (Phi) is 4.26. The van der Waals surface area contributed by atoms with Crippen LogP contribution in [0.4, 0.5) is 5.13 Å². The summed E-state index contributed by atoms with van der Waals surface area (Å²) in [6.45, 7) is 0. The van der Waals surface area contributed by atoms with E-state index in [1.54, 1.807) is 5.38 Å². The molecule has 0 saturated carbocycles. The molecule has 0 spiro atoms. The minimum Gasteiger partial charge on any atom is -0.369 e. The second-order valence-corrected chi connectivity index (χ2v) is 6.82. The van der Waals surface area contributed by atoms with Crippen LogP contribution in [0.2, 0.25) is 5.02 Å². The highest BCUT2D eigenvalue weighted by atomic mass is 35.5. The summed E-state index contributed by atoms with van der Waals surface area (Å²) in [7, 11) is -3.72. The van der Waals surface area contributed by atoms with Crippen molar-refractivity contribution in [1.82, 2.24) is 4.98 Å². The van der Waals surface area contributed by atoms with Gasteiger partial charge in [0.25, 0.3) is 10.0 Å². The molecule has 0 bridgehead atoms. The van der Waals surface area contributed by atoms with Gasteiger partial charge in [0.05, 0.1) is 17.0 Å². The second kappa shape index (κ2) is 5.78. The predicted octanol–water partition coefficient (Wildman–Crippen LogP) is 1.63. The van der Waals surface area contributed by atoms with Gasteiger partial charge in [0.15, 0.2) is 5.13 Å². The van der Waals surface area contributed by atoms with E-state index in [4.69, 9.17) is 17.3 Å². The fraction of sp³-hybridized carbons (Fsp3) is 0.0909. The van der Waals surface area contributed by atoms with Gasteiger partial charge in [-0.05, 0) is 24.3 Å². The van der Waals surface area contributed by atoms with Crippen molar-refractivity contribution in [2.75, 3.05) is 4.72 Å². The number of nitrogens with two attached hydrogens (primary N) is 1. The SMILES string of the molecule is NC(=O)Cc1csc(NS(=O)(=O)c2ccc(Cl)cc2)n1. The summed E-state index contributed by atoms with van der Waals surface area (Å²) in [4.78, 5) is 14.8. The highest BCUT2D eigenvalue weighted by Gasteiger charge is 2.16. The molecular formula is C11H10ClN3O3S2.